The molecule has 0 amide bonds. The fraction of sp³-hybridized carbons (Fsp3) is 0.400. The summed E-state index contributed by atoms with van der Waals surface area (Å²) in [6.45, 7) is 5.35. The lowest BCUT2D eigenvalue weighted by atomic mass is 9.84. The van der Waals surface area contributed by atoms with Gasteiger partial charge in [0, 0.05) is 11.9 Å². The molecule has 3 aromatic rings. The van der Waals surface area contributed by atoms with Crippen LogP contribution in [0.2, 0.25) is 0 Å². The summed E-state index contributed by atoms with van der Waals surface area (Å²) < 4.78 is 15.5. The Morgan fingerprint density at radius 1 is 1.00 bits per heavy atom. The number of hydrogen-bond acceptors (Lipinski definition) is 2. The summed E-state index contributed by atoms with van der Waals surface area (Å²) in [4.78, 5) is 5.74. The van der Waals surface area contributed by atoms with E-state index in [-0.39, 0.29) is 22.8 Å². The second-order valence-electron chi connectivity index (χ2n) is 8.45. The van der Waals surface area contributed by atoms with Crippen molar-refractivity contribution in [3.8, 4) is 11.3 Å². The van der Waals surface area contributed by atoms with Crippen molar-refractivity contribution in [1.29, 1.82) is 0 Å². The fourth-order valence-electron chi connectivity index (χ4n) is 4.18. The first-order valence-electron chi connectivity index (χ1n) is 10.7. The number of rotatable bonds is 5. The van der Waals surface area contributed by atoms with Crippen LogP contribution in [0.1, 0.15) is 57.4 Å². The molecule has 1 aliphatic rings. The van der Waals surface area contributed by atoms with Crippen LogP contribution in [0.3, 0.4) is 0 Å². The zero-order valence-electron chi connectivity index (χ0n) is 17.7. The monoisotopic (exact) mass is 488 g/mol. The predicted molar refractivity (Wildman–Crippen MR) is 130 cm³/mol. The first kappa shape index (κ1) is 23.0. The van der Waals surface area contributed by atoms with E-state index in [1.807, 2.05) is 0 Å². The molecular formula is C25H30BrFN2S. The Hall–Kier alpha value is -1.72. The van der Waals surface area contributed by atoms with E-state index in [1.54, 1.807) is 23.5 Å². The lowest BCUT2D eigenvalue weighted by Gasteiger charge is -2.22. The van der Waals surface area contributed by atoms with Gasteiger partial charge in [0.15, 0.2) is 4.80 Å². The standard InChI is InChI=1S/C25H29FN2S.BrH/c1-18(2)16-28-24(17-29-25(28)27-23-14-12-22(26)13-15-23)21-10-8-20(9-11-21)19-6-4-3-5-7-19;/h8-15,17-19H,3-7,16H2,1-2H3;1H. The quantitative estimate of drug-likeness (QED) is 0.347. The second-order valence-corrected chi connectivity index (χ2v) is 9.29. The van der Waals surface area contributed by atoms with E-state index in [1.165, 1.54) is 61.1 Å². The highest BCUT2D eigenvalue weighted by Crippen LogP contribution is 2.33. The van der Waals surface area contributed by atoms with Crippen LogP contribution in [0.4, 0.5) is 10.1 Å². The minimum atomic E-state index is -0.232. The molecule has 0 unspecified atom stereocenters. The average molecular weight is 489 g/mol. The molecule has 0 spiro atoms. The first-order valence-corrected chi connectivity index (χ1v) is 11.6. The molecule has 0 N–H and O–H groups in total. The summed E-state index contributed by atoms with van der Waals surface area (Å²) in [5.74, 6) is 1.01. The molecule has 160 valence electrons. The summed E-state index contributed by atoms with van der Waals surface area (Å²) >= 11 is 1.65. The summed E-state index contributed by atoms with van der Waals surface area (Å²) in [6.07, 6.45) is 6.76. The molecule has 0 atom stereocenters. The first-order chi connectivity index (χ1) is 14.1. The zero-order valence-corrected chi connectivity index (χ0v) is 20.2. The van der Waals surface area contributed by atoms with Crippen molar-refractivity contribution in [2.75, 3.05) is 0 Å². The third kappa shape index (κ3) is 5.50. The zero-order chi connectivity index (χ0) is 20.2. The highest BCUT2D eigenvalue weighted by Gasteiger charge is 2.16. The molecule has 30 heavy (non-hydrogen) atoms. The lowest BCUT2D eigenvalue weighted by molar-refractivity contribution is 0.443. The number of halogens is 2. The van der Waals surface area contributed by atoms with Crippen molar-refractivity contribution in [3.63, 3.8) is 0 Å². The van der Waals surface area contributed by atoms with Crippen molar-refractivity contribution < 1.29 is 4.39 Å². The fourth-order valence-corrected chi connectivity index (χ4v) is 5.12. The molecule has 1 fully saturated rings. The van der Waals surface area contributed by atoms with Crippen LogP contribution < -0.4 is 4.80 Å². The molecule has 0 aliphatic heterocycles. The van der Waals surface area contributed by atoms with Crippen molar-refractivity contribution >= 4 is 34.0 Å². The number of thiazole rings is 1. The van der Waals surface area contributed by atoms with Gasteiger partial charge in [-0.3, -0.25) is 0 Å². The molecule has 0 radical (unpaired) electrons. The maximum Gasteiger partial charge on any atom is 0.190 e. The van der Waals surface area contributed by atoms with Gasteiger partial charge < -0.3 is 4.57 Å². The number of nitrogens with zero attached hydrogens (tertiary/aromatic N) is 2. The molecule has 4 rings (SSSR count). The summed E-state index contributed by atoms with van der Waals surface area (Å²) in [5.41, 5.74) is 4.71. The molecule has 0 saturated heterocycles. The van der Waals surface area contributed by atoms with Crippen LogP contribution in [0, 0.1) is 11.7 Å². The summed E-state index contributed by atoms with van der Waals surface area (Å²) in [5, 5.41) is 2.19. The molecular weight excluding hydrogens is 459 g/mol. The average Bonchev–Trinajstić information content (AvgIpc) is 3.12. The van der Waals surface area contributed by atoms with Gasteiger partial charge in [0.1, 0.15) is 5.82 Å². The van der Waals surface area contributed by atoms with Crippen molar-refractivity contribution in [1.82, 2.24) is 4.57 Å². The molecule has 1 aromatic heterocycles. The van der Waals surface area contributed by atoms with E-state index in [4.69, 9.17) is 4.99 Å². The van der Waals surface area contributed by atoms with E-state index in [0.717, 1.165) is 23.0 Å². The smallest absolute Gasteiger partial charge is 0.190 e. The third-order valence-corrected chi connectivity index (χ3v) is 6.54. The molecule has 1 heterocycles. The normalized spacial score (nSPS) is 15.4. The maximum absolute atomic E-state index is 13.2. The van der Waals surface area contributed by atoms with Crippen LogP contribution in [-0.2, 0) is 6.54 Å². The van der Waals surface area contributed by atoms with Crippen LogP contribution in [-0.4, -0.2) is 4.57 Å². The second kappa shape index (κ2) is 10.5. The Kier molecular flexibility index (Phi) is 8.06. The largest absolute Gasteiger partial charge is 0.316 e. The van der Waals surface area contributed by atoms with Gasteiger partial charge in [0.05, 0.1) is 11.4 Å². The van der Waals surface area contributed by atoms with Gasteiger partial charge in [-0.15, -0.1) is 28.3 Å². The highest BCUT2D eigenvalue weighted by molar-refractivity contribution is 8.93. The molecule has 2 nitrogen and oxygen atoms in total. The Bertz CT molecular complexity index is 997. The van der Waals surface area contributed by atoms with Gasteiger partial charge in [-0.25, -0.2) is 9.38 Å². The predicted octanol–water partition coefficient (Wildman–Crippen LogP) is 7.87. The van der Waals surface area contributed by atoms with Crippen LogP contribution in [0.5, 0.6) is 0 Å². The maximum atomic E-state index is 13.2. The van der Waals surface area contributed by atoms with Crippen LogP contribution >= 0.6 is 28.3 Å². The molecule has 0 bridgehead atoms. The minimum Gasteiger partial charge on any atom is -0.316 e. The SMILES string of the molecule is Br.CC(C)Cn1c(-c2ccc(C3CCCCC3)cc2)csc1=Nc1ccc(F)cc1. The Morgan fingerprint density at radius 3 is 2.30 bits per heavy atom. The van der Waals surface area contributed by atoms with Crippen LogP contribution in [0.25, 0.3) is 11.3 Å². The minimum absolute atomic E-state index is 0. The van der Waals surface area contributed by atoms with E-state index in [9.17, 15) is 4.39 Å². The van der Waals surface area contributed by atoms with E-state index < -0.39 is 0 Å². The van der Waals surface area contributed by atoms with Gasteiger partial charge in [-0.2, -0.15) is 0 Å². The van der Waals surface area contributed by atoms with Gasteiger partial charge in [-0.1, -0.05) is 57.4 Å². The van der Waals surface area contributed by atoms with Gasteiger partial charge in [-0.05, 0) is 60.1 Å². The molecule has 1 saturated carbocycles. The van der Waals surface area contributed by atoms with Crippen molar-refractivity contribution in [2.24, 2.45) is 10.9 Å². The molecule has 2 aromatic carbocycles. The van der Waals surface area contributed by atoms with Gasteiger partial charge in [0.2, 0.25) is 0 Å². The molecule has 5 heteroatoms. The Labute approximate surface area is 193 Å². The van der Waals surface area contributed by atoms with E-state index in [2.05, 4.69) is 48.1 Å². The van der Waals surface area contributed by atoms with Gasteiger partial charge >= 0.3 is 0 Å². The number of aromatic nitrogens is 1. The highest BCUT2D eigenvalue weighted by atomic mass is 79.9. The Balaban J connectivity index is 0.00000256. The van der Waals surface area contributed by atoms with Gasteiger partial charge in [0.25, 0.3) is 0 Å². The molecule has 1 aliphatic carbocycles. The third-order valence-electron chi connectivity index (χ3n) is 5.68. The van der Waals surface area contributed by atoms with Crippen molar-refractivity contribution in [2.45, 2.75) is 58.4 Å². The topological polar surface area (TPSA) is 17.3 Å². The van der Waals surface area contributed by atoms with E-state index >= 15 is 0 Å². The summed E-state index contributed by atoms with van der Waals surface area (Å²) in [6, 6.07) is 15.6. The number of benzene rings is 2. The van der Waals surface area contributed by atoms with Crippen molar-refractivity contribution in [3.05, 3.63) is 70.1 Å². The van der Waals surface area contributed by atoms with E-state index in [0.29, 0.717) is 5.92 Å². The summed E-state index contributed by atoms with van der Waals surface area (Å²) in [7, 11) is 0. The van der Waals surface area contributed by atoms with Crippen LogP contribution in [0.15, 0.2) is 58.9 Å². The number of hydrogen-bond donors (Lipinski definition) is 0. The lowest BCUT2D eigenvalue weighted by Crippen LogP contribution is -2.18. The Morgan fingerprint density at radius 2 is 1.67 bits per heavy atom.